The molecule has 0 spiro atoms. The maximum atomic E-state index is 12.5. The lowest BCUT2D eigenvalue weighted by molar-refractivity contribution is -0.116. The van der Waals surface area contributed by atoms with Crippen molar-refractivity contribution in [3.05, 3.63) is 65.7 Å². The molecule has 0 saturated carbocycles. The lowest BCUT2D eigenvalue weighted by Crippen LogP contribution is -2.37. The average Bonchev–Trinajstić information content (AvgIpc) is 3.24. The molecular weight excluding hydrogens is 432 g/mol. The molecular formula is C18H14N4O4S3. The lowest BCUT2D eigenvalue weighted by atomic mass is 10.2. The second kappa shape index (κ2) is 7.93. The third-order valence-corrected chi connectivity index (χ3v) is 7.89. The number of anilines is 1. The molecule has 1 aliphatic heterocycles. The summed E-state index contributed by atoms with van der Waals surface area (Å²) < 4.78 is 26.2. The highest BCUT2D eigenvalue weighted by molar-refractivity contribution is 8.00. The second-order valence-electron chi connectivity index (χ2n) is 6.01. The van der Waals surface area contributed by atoms with E-state index in [4.69, 9.17) is 0 Å². The Morgan fingerprint density at radius 2 is 1.79 bits per heavy atom. The van der Waals surface area contributed by atoms with Gasteiger partial charge in [-0.3, -0.25) is 14.9 Å². The molecule has 8 nitrogen and oxygen atoms in total. The Bertz CT molecular complexity index is 1180. The molecule has 0 atom stereocenters. The number of nitrogens with one attached hydrogen (secondary N) is 1. The van der Waals surface area contributed by atoms with Crippen molar-refractivity contribution in [3.8, 4) is 0 Å². The van der Waals surface area contributed by atoms with Gasteiger partial charge in [0, 0.05) is 5.75 Å². The van der Waals surface area contributed by atoms with Crippen molar-refractivity contribution in [2.75, 3.05) is 11.9 Å². The molecule has 0 fully saturated rings. The summed E-state index contributed by atoms with van der Waals surface area (Å²) in [5.74, 6) is -0.667. The summed E-state index contributed by atoms with van der Waals surface area (Å²) in [6.07, 6.45) is 0. The highest BCUT2D eigenvalue weighted by atomic mass is 32.2. The number of sulfonamides is 1. The highest BCUT2D eigenvalue weighted by Gasteiger charge is 2.41. The first-order valence-corrected chi connectivity index (χ1v) is 11.7. The zero-order valence-corrected chi connectivity index (χ0v) is 17.3. The van der Waals surface area contributed by atoms with E-state index < -0.39 is 28.4 Å². The second-order valence-corrected chi connectivity index (χ2v) is 10.0. The standard InChI is InChI=1S/C18H14N4O4S3/c23-15(10-22-16(24)13-8-4-5-9-14(13)29(22,25)26)19-17-20-21-18(28-17)27-11-12-6-2-1-3-7-12/h1-9H,10-11H2,(H,19,20,23). The number of nitrogens with zero attached hydrogens (tertiary/aromatic N) is 3. The average molecular weight is 447 g/mol. The molecule has 0 saturated heterocycles. The van der Waals surface area contributed by atoms with Gasteiger partial charge in [-0.2, -0.15) is 0 Å². The topological polar surface area (TPSA) is 109 Å². The maximum Gasteiger partial charge on any atom is 0.269 e. The fourth-order valence-corrected chi connectivity index (χ4v) is 5.96. The summed E-state index contributed by atoms with van der Waals surface area (Å²) in [5, 5.41) is 10.7. The first kappa shape index (κ1) is 19.6. The number of hydrogen-bond acceptors (Lipinski definition) is 8. The number of thioether (sulfide) groups is 1. The normalized spacial score (nSPS) is 14.6. The molecule has 2 heterocycles. The molecule has 1 N–H and O–H groups in total. The molecule has 0 unspecified atom stereocenters. The van der Waals surface area contributed by atoms with Crippen LogP contribution in [0.1, 0.15) is 15.9 Å². The first-order valence-electron chi connectivity index (χ1n) is 8.41. The molecule has 2 amide bonds. The Balaban J connectivity index is 1.38. The van der Waals surface area contributed by atoms with Crippen molar-refractivity contribution in [1.82, 2.24) is 14.5 Å². The number of fused-ring (bicyclic) bond motifs is 1. The van der Waals surface area contributed by atoms with Crippen molar-refractivity contribution in [3.63, 3.8) is 0 Å². The predicted octanol–water partition coefficient (Wildman–Crippen LogP) is 2.61. The predicted molar refractivity (Wildman–Crippen MR) is 109 cm³/mol. The third kappa shape index (κ3) is 4.02. The van der Waals surface area contributed by atoms with E-state index in [-0.39, 0.29) is 15.6 Å². The van der Waals surface area contributed by atoms with E-state index in [1.54, 1.807) is 6.07 Å². The number of carbonyl (C=O) groups excluding carboxylic acids is 2. The largest absolute Gasteiger partial charge is 0.299 e. The Hall–Kier alpha value is -2.76. The van der Waals surface area contributed by atoms with Crippen LogP contribution in [-0.2, 0) is 20.6 Å². The smallest absolute Gasteiger partial charge is 0.269 e. The van der Waals surface area contributed by atoms with Crippen LogP contribution in [0.5, 0.6) is 0 Å². The van der Waals surface area contributed by atoms with Gasteiger partial charge in [0.05, 0.1) is 5.56 Å². The quantitative estimate of drug-likeness (QED) is 0.458. The third-order valence-electron chi connectivity index (χ3n) is 4.06. The van der Waals surface area contributed by atoms with Crippen LogP contribution in [-0.4, -0.2) is 41.3 Å². The number of benzene rings is 2. The first-order chi connectivity index (χ1) is 13.9. The van der Waals surface area contributed by atoms with Crippen LogP contribution in [0, 0.1) is 0 Å². The summed E-state index contributed by atoms with van der Waals surface area (Å²) in [6.45, 7) is -0.623. The lowest BCUT2D eigenvalue weighted by Gasteiger charge is -2.13. The minimum absolute atomic E-state index is 0.0656. The van der Waals surface area contributed by atoms with E-state index in [1.807, 2.05) is 30.3 Å². The molecule has 11 heteroatoms. The Kier molecular flexibility index (Phi) is 5.35. The monoisotopic (exact) mass is 446 g/mol. The summed E-state index contributed by atoms with van der Waals surface area (Å²) in [5.41, 5.74) is 1.20. The number of hydrogen-bond donors (Lipinski definition) is 1. The molecule has 2 aromatic carbocycles. The zero-order valence-electron chi connectivity index (χ0n) is 14.8. The van der Waals surface area contributed by atoms with E-state index in [1.165, 1.54) is 41.3 Å². The van der Waals surface area contributed by atoms with Gasteiger partial charge in [-0.15, -0.1) is 10.2 Å². The molecule has 29 heavy (non-hydrogen) atoms. The minimum atomic E-state index is -4.03. The molecule has 148 valence electrons. The van der Waals surface area contributed by atoms with Crippen molar-refractivity contribution < 1.29 is 18.0 Å². The molecule has 4 rings (SSSR count). The van der Waals surface area contributed by atoms with Crippen molar-refractivity contribution in [2.24, 2.45) is 0 Å². The summed E-state index contributed by atoms with van der Waals surface area (Å²) in [4.78, 5) is 24.6. The zero-order chi connectivity index (χ0) is 20.4. The number of aromatic nitrogens is 2. The highest BCUT2D eigenvalue weighted by Crippen LogP contribution is 2.30. The molecule has 1 aliphatic rings. The Morgan fingerprint density at radius 3 is 2.55 bits per heavy atom. The maximum absolute atomic E-state index is 12.5. The van der Waals surface area contributed by atoms with Gasteiger partial charge < -0.3 is 0 Å². The van der Waals surface area contributed by atoms with E-state index in [9.17, 15) is 18.0 Å². The van der Waals surface area contributed by atoms with Crippen LogP contribution in [0.25, 0.3) is 0 Å². The minimum Gasteiger partial charge on any atom is -0.299 e. The van der Waals surface area contributed by atoms with Crippen LogP contribution in [0.2, 0.25) is 0 Å². The van der Waals surface area contributed by atoms with Gasteiger partial charge in [-0.25, -0.2) is 12.7 Å². The summed E-state index contributed by atoms with van der Waals surface area (Å²) in [6, 6.07) is 15.7. The summed E-state index contributed by atoms with van der Waals surface area (Å²) in [7, 11) is -4.03. The van der Waals surface area contributed by atoms with Crippen molar-refractivity contribution in [2.45, 2.75) is 15.0 Å². The van der Waals surface area contributed by atoms with E-state index >= 15 is 0 Å². The number of amides is 2. The fraction of sp³-hybridized carbons (Fsp3) is 0.111. The van der Waals surface area contributed by atoms with Gasteiger partial charge in [0.15, 0.2) is 4.34 Å². The van der Waals surface area contributed by atoms with Crippen molar-refractivity contribution in [1.29, 1.82) is 0 Å². The molecule has 0 bridgehead atoms. The van der Waals surface area contributed by atoms with Crippen LogP contribution in [0.15, 0.2) is 63.8 Å². The number of carbonyl (C=O) groups is 2. The van der Waals surface area contributed by atoms with E-state index in [0.29, 0.717) is 14.4 Å². The van der Waals surface area contributed by atoms with Gasteiger partial charge in [-0.1, -0.05) is 65.6 Å². The fourth-order valence-electron chi connectivity index (χ4n) is 2.71. The molecule has 1 aromatic heterocycles. The van der Waals surface area contributed by atoms with E-state index in [2.05, 4.69) is 15.5 Å². The molecule has 0 aliphatic carbocycles. The van der Waals surface area contributed by atoms with Gasteiger partial charge >= 0.3 is 0 Å². The van der Waals surface area contributed by atoms with Crippen LogP contribution >= 0.6 is 23.1 Å². The Morgan fingerprint density at radius 1 is 1.07 bits per heavy atom. The molecule has 0 radical (unpaired) electrons. The SMILES string of the molecule is O=C(CN1C(=O)c2ccccc2S1(=O)=O)Nc1nnc(SCc2ccccc2)s1. The molecule has 3 aromatic rings. The van der Waals surface area contributed by atoms with Gasteiger partial charge in [-0.05, 0) is 17.7 Å². The van der Waals surface area contributed by atoms with Crippen LogP contribution in [0.3, 0.4) is 0 Å². The van der Waals surface area contributed by atoms with Gasteiger partial charge in [0.1, 0.15) is 11.4 Å². The van der Waals surface area contributed by atoms with Gasteiger partial charge in [0.25, 0.3) is 15.9 Å². The van der Waals surface area contributed by atoms with Crippen molar-refractivity contribution >= 4 is 50.1 Å². The van der Waals surface area contributed by atoms with Crippen LogP contribution < -0.4 is 5.32 Å². The Labute approximate surface area is 175 Å². The number of rotatable bonds is 6. The van der Waals surface area contributed by atoms with E-state index in [0.717, 1.165) is 5.56 Å². The summed E-state index contributed by atoms with van der Waals surface area (Å²) >= 11 is 2.66. The van der Waals surface area contributed by atoms with Crippen LogP contribution in [0.4, 0.5) is 5.13 Å². The van der Waals surface area contributed by atoms with Gasteiger partial charge in [0.2, 0.25) is 11.0 Å².